The summed E-state index contributed by atoms with van der Waals surface area (Å²) in [6.07, 6.45) is 5.55. The highest BCUT2D eigenvalue weighted by molar-refractivity contribution is 5.97. The van der Waals surface area contributed by atoms with Crippen molar-refractivity contribution in [2.75, 3.05) is 63.7 Å². The van der Waals surface area contributed by atoms with Gasteiger partial charge >= 0.3 is 0 Å². The average molecular weight is 1100 g/mol. The summed E-state index contributed by atoms with van der Waals surface area (Å²) < 4.78 is 27.8. The molecule has 428 valence electrons. The Morgan fingerprint density at radius 2 is 1.68 bits per heavy atom. The Morgan fingerprint density at radius 3 is 2.35 bits per heavy atom. The van der Waals surface area contributed by atoms with Gasteiger partial charge in [0.2, 0.25) is 29.5 Å². The van der Waals surface area contributed by atoms with Crippen LogP contribution in [0.1, 0.15) is 131 Å². The molecule has 4 aliphatic rings. The zero-order chi connectivity index (χ0) is 57.3. The zero-order valence-electron chi connectivity index (χ0n) is 46.7. The summed E-state index contributed by atoms with van der Waals surface area (Å²) in [5.74, 6) is -2.11. The Labute approximate surface area is 466 Å². The standard InChI is InChI=1S/C58H76FN13O8/c1-7-43(36-12-9-8-10-13-36)66-55(76)47-30-39(33-71(47)57(78)52(58(3,4)5)67-54(75)35(2)62-6)65-50(74)20-25-80-27-26-79-24-19-49(73)63-21-23-72-48(31-60)51-37-28-46(53(61)64-32-37)69-22-11-14-45(69)42-29-38(59)15-18-41(42)56(77)70(40-16-17-40)34-44(51)68-72/h8-10,12-13,15,18,28-29,32,35,39-40,43,45,47,52,62H,7,11,14,16-17,19-27,30,33-34H2,1-6H3,(H2,61,64)(H,63,73)(H,65,74)(H,66,76)(H,67,75)/t35-,39-,43+,45-,47-,52+/m1/s1. The van der Waals surface area contributed by atoms with E-state index in [0.29, 0.717) is 53.0 Å². The lowest BCUT2D eigenvalue weighted by Gasteiger charge is -2.36. The maximum atomic E-state index is 14.9. The Morgan fingerprint density at radius 1 is 0.950 bits per heavy atom. The van der Waals surface area contributed by atoms with Crippen molar-refractivity contribution in [3.05, 3.63) is 94.7 Å². The molecule has 21 nitrogen and oxygen atoms in total. The summed E-state index contributed by atoms with van der Waals surface area (Å²) in [5.41, 5.74) is 10.2. The number of likely N-dealkylation sites (tertiary alicyclic amines) is 1. The molecular formula is C58H76FN13O8. The van der Waals surface area contributed by atoms with Gasteiger partial charge in [0, 0.05) is 67.4 Å². The van der Waals surface area contributed by atoms with Gasteiger partial charge in [-0.1, -0.05) is 58.0 Å². The second kappa shape index (κ2) is 26.2. The predicted molar refractivity (Wildman–Crippen MR) is 297 cm³/mol. The molecule has 22 heteroatoms. The summed E-state index contributed by atoms with van der Waals surface area (Å²) in [4.78, 5) is 92.1. The van der Waals surface area contributed by atoms with Crippen molar-refractivity contribution in [2.24, 2.45) is 5.41 Å². The van der Waals surface area contributed by atoms with Crippen molar-refractivity contribution in [3.8, 4) is 17.2 Å². The van der Waals surface area contributed by atoms with Gasteiger partial charge in [-0.3, -0.25) is 33.4 Å². The van der Waals surface area contributed by atoms with Crippen molar-refractivity contribution < 1.29 is 42.6 Å². The van der Waals surface area contributed by atoms with Crippen LogP contribution in [0.5, 0.6) is 0 Å². The van der Waals surface area contributed by atoms with Crippen molar-refractivity contribution in [1.29, 1.82) is 5.26 Å². The number of halogens is 1. The van der Waals surface area contributed by atoms with Crippen LogP contribution in [0.3, 0.4) is 0 Å². The van der Waals surface area contributed by atoms with E-state index in [2.05, 4.69) is 42.5 Å². The quantitative estimate of drug-likeness (QED) is 0.0595. The van der Waals surface area contributed by atoms with Gasteiger partial charge in [0.25, 0.3) is 5.91 Å². The molecule has 3 fully saturated rings. The van der Waals surface area contributed by atoms with E-state index in [1.165, 1.54) is 17.0 Å². The number of likely N-dealkylation sites (N-methyl/N-ethyl adjacent to an activating group) is 1. The monoisotopic (exact) mass is 1100 g/mol. The van der Waals surface area contributed by atoms with Gasteiger partial charge in [-0.25, -0.2) is 9.37 Å². The van der Waals surface area contributed by atoms with Gasteiger partial charge in [-0.05, 0) is 93.3 Å². The second-order valence-electron chi connectivity index (χ2n) is 22.2. The maximum absolute atomic E-state index is 14.9. The van der Waals surface area contributed by atoms with Gasteiger partial charge in [0.15, 0.2) is 0 Å². The van der Waals surface area contributed by atoms with E-state index in [9.17, 15) is 38.4 Å². The SMILES string of the molecule is CC[C@H](NC(=O)[C@H]1C[C@@H](NC(=O)CCOCCOCCC(=O)NCCn2nc3c(c2C#N)-c2cnc(N)c(c2)N2CCC[C@@H]2c2cc(F)ccc2C(=O)N(C2CC2)C3)CN1C(=O)[C@H](NC(=O)[C@@H](C)NC)C(C)(C)C)c1ccccc1. The van der Waals surface area contributed by atoms with Gasteiger partial charge in [0.1, 0.15) is 35.5 Å². The van der Waals surface area contributed by atoms with Gasteiger partial charge in [0.05, 0.1) is 69.0 Å². The number of carbonyl (C=O) groups excluding carboxylic acids is 6. The van der Waals surface area contributed by atoms with Gasteiger partial charge in [-0.2, -0.15) is 10.4 Å². The lowest BCUT2D eigenvalue weighted by Crippen LogP contribution is -2.59. The van der Waals surface area contributed by atoms with E-state index in [0.717, 1.165) is 24.8 Å². The van der Waals surface area contributed by atoms with Crippen LogP contribution in [0.2, 0.25) is 0 Å². The van der Waals surface area contributed by atoms with Crippen molar-refractivity contribution >= 4 is 46.9 Å². The number of nitrogens with two attached hydrogens (primary N) is 1. The molecule has 2 saturated heterocycles. The first kappa shape index (κ1) is 58.7. The number of hydrogen-bond donors (Lipinski definition) is 6. The van der Waals surface area contributed by atoms with Crippen LogP contribution in [-0.2, 0) is 46.5 Å². The molecule has 2 bridgehead atoms. The highest BCUT2D eigenvalue weighted by Gasteiger charge is 2.46. The Bertz CT molecular complexity index is 2940. The molecule has 5 heterocycles. The molecule has 2 aromatic carbocycles. The largest absolute Gasteiger partial charge is 0.382 e. The summed E-state index contributed by atoms with van der Waals surface area (Å²) in [5, 5.41) is 30.3. The van der Waals surface area contributed by atoms with Crippen LogP contribution in [-0.4, -0.2) is 143 Å². The molecule has 1 aliphatic carbocycles. The fourth-order valence-corrected chi connectivity index (χ4v) is 10.8. The Hall–Kier alpha value is -7.48. The van der Waals surface area contributed by atoms with Crippen molar-refractivity contribution in [1.82, 2.24) is 51.1 Å². The summed E-state index contributed by atoms with van der Waals surface area (Å²) >= 11 is 0. The lowest BCUT2D eigenvalue weighted by molar-refractivity contribution is -0.144. The number of amides is 6. The first-order chi connectivity index (χ1) is 38.4. The topological polar surface area (TPSA) is 271 Å². The number of nitrogens with one attached hydrogen (secondary N) is 5. The molecule has 0 unspecified atom stereocenters. The molecular weight excluding hydrogens is 1030 g/mol. The lowest BCUT2D eigenvalue weighted by atomic mass is 9.85. The Balaban J connectivity index is 0.810. The number of pyridine rings is 1. The number of ether oxygens (including phenoxy) is 2. The highest BCUT2D eigenvalue weighted by Crippen LogP contribution is 2.44. The van der Waals surface area contributed by atoms with E-state index in [1.807, 2.05) is 64.1 Å². The van der Waals surface area contributed by atoms with E-state index < -0.39 is 41.3 Å². The van der Waals surface area contributed by atoms with Crippen LogP contribution in [0, 0.1) is 22.6 Å². The van der Waals surface area contributed by atoms with Crippen LogP contribution in [0.25, 0.3) is 11.1 Å². The van der Waals surface area contributed by atoms with Crippen LogP contribution in [0.4, 0.5) is 15.9 Å². The van der Waals surface area contributed by atoms with E-state index in [-0.39, 0.29) is 131 Å². The molecule has 7 N–H and O–H groups in total. The second-order valence-corrected chi connectivity index (χ2v) is 22.2. The molecule has 3 aliphatic heterocycles. The number of nitrogens with zero attached hydrogens (tertiary/aromatic N) is 7. The first-order valence-corrected chi connectivity index (χ1v) is 27.9. The summed E-state index contributed by atoms with van der Waals surface area (Å²) in [6.45, 7) is 10.8. The zero-order valence-corrected chi connectivity index (χ0v) is 46.7. The molecule has 2 aromatic heterocycles. The minimum atomic E-state index is -0.951. The van der Waals surface area contributed by atoms with Crippen molar-refractivity contribution in [3.63, 3.8) is 0 Å². The number of fused-ring (bicyclic) bond motifs is 8. The van der Waals surface area contributed by atoms with E-state index >= 15 is 0 Å². The smallest absolute Gasteiger partial charge is 0.254 e. The Kier molecular flexibility index (Phi) is 19.2. The normalized spacial score (nSPS) is 19.1. The average Bonchev–Trinajstić information content (AvgIpc) is 3.99. The fraction of sp³-hybridized carbons (Fsp3) is 0.534. The number of carbonyl (C=O) groups is 6. The molecule has 6 amide bonds. The van der Waals surface area contributed by atoms with E-state index in [1.54, 1.807) is 35.8 Å². The third-order valence-corrected chi connectivity index (χ3v) is 15.4. The number of nitriles is 1. The highest BCUT2D eigenvalue weighted by atomic mass is 19.1. The number of hydrogen-bond acceptors (Lipinski definition) is 14. The first-order valence-electron chi connectivity index (χ1n) is 27.9. The molecule has 4 aromatic rings. The molecule has 1 saturated carbocycles. The van der Waals surface area contributed by atoms with Crippen LogP contribution >= 0.6 is 0 Å². The molecule has 0 spiro atoms. The van der Waals surface area contributed by atoms with Crippen molar-refractivity contribution in [2.45, 2.75) is 141 Å². The maximum Gasteiger partial charge on any atom is 0.254 e. The summed E-state index contributed by atoms with van der Waals surface area (Å²) in [7, 11) is 1.65. The number of rotatable bonds is 22. The minimum absolute atomic E-state index is 0.00955. The molecule has 0 radical (unpaired) electrons. The number of nitrogen functional groups attached to an aromatic ring is 1. The molecule has 8 rings (SSSR count). The van der Waals surface area contributed by atoms with Crippen LogP contribution < -0.4 is 37.2 Å². The van der Waals surface area contributed by atoms with Gasteiger partial charge < -0.3 is 56.5 Å². The third kappa shape index (κ3) is 13.9. The third-order valence-electron chi connectivity index (χ3n) is 15.4. The minimum Gasteiger partial charge on any atom is -0.382 e. The van der Waals surface area contributed by atoms with Gasteiger partial charge in [-0.15, -0.1) is 0 Å². The number of anilines is 2. The molecule has 6 atom stereocenters. The fourth-order valence-electron chi connectivity index (χ4n) is 10.8. The van der Waals surface area contributed by atoms with Crippen LogP contribution in [0.15, 0.2) is 60.8 Å². The number of benzene rings is 2. The number of aromatic nitrogens is 3. The predicted octanol–water partition coefficient (Wildman–Crippen LogP) is 4.42. The van der Waals surface area contributed by atoms with E-state index in [4.69, 9.17) is 20.3 Å². The molecule has 80 heavy (non-hydrogen) atoms. The summed E-state index contributed by atoms with van der Waals surface area (Å²) in [6, 6.07) is 14.5.